The van der Waals surface area contributed by atoms with Crippen LogP contribution in [0.1, 0.15) is 18.4 Å². The van der Waals surface area contributed by atoms with Crippen molar-refractivity contribution in [2.45, 2.75) is 31.7 Å². The van der Waals surface area contributed by atoms with Crippen molar-refractivity contribution in [2.24, 2.45) is 0 Å². The third-order valence-corrected chi connectivity index (χ3v) is 6.10. The number of hydrogen-bond acceptors (Lipinski definition) is 8. The third-order valence-electron chi connectivity index (χ3n) is 4.31. The number of amides is 1. The molecular weight excluding hydrogens is 386 g/mol. The number of rotatable bonds is 6. The fourth-order valence-electron chi connectivity index (χ4n) is 2.89. The Morgan fingerprint density at radius 2 is 1.96 bits per heavy atom. The Morgan fingerprint density at radius 3 is 2.54 bits per heavy atom. The maximum absolute atomic E-state index is 12.5. The molecule has 2 aromatic heterocycles. The second kappa shape index (κ2) is 8.25. The molecule has 0 aliphatic carbocycles. The molecule has 28 heavy (non-hydrogen) atoms. The number of carbonyl (C=O) groups excluding carboxylic acids is 1. The molecule has 1 aliphatic rings. The molecule has 3 heterocycles. The molecule has 0 spiro atoms. The molecule has 3 rings (SSSR count). The summed E-state index contributed by atoms with van der Waals surface area (Å²) in [4.78, 5) is 18.8. The molecule has 2 N–H and O–H groups in total. The lowest BCUT2D eigenvalue weighted by Crippen LogP contribution is -2.41. The third kappa shape index (κ3) is 4.49. The largest absolute Gasteiger partial charge is 0.378 e. The normalized spacial score (nSPS) is 16.0. The van der Waals surface area contributed by atoms with Crippen LogP contribution in [0, 0.1) is 13.8 Å². The minimum absolute atomic E-state index is 0.0521. The number of pyridine rings is 1. The molecule has 152 valence electrons. The van der Waals surface area contributed by atoms with Gasteiger partial charge in [-0.25, -0.2) is 13.4 Å². The van der Waals surface area contributed by atoms with Crippen LogP contribution < -0.4 is 14.9 Å². The first-order valence-electron chi connectivity index (χ1n) is 8.83. The van der Waals surface area contributed by atoms with Gasteiger partial charge < -0.3 is 19.5 Å². The highest BCUT2D eigenvalue weighted by atomic mass is 32.2. The molecule has 2 aromatic rings. The van der Waals surface area contributed by atoms with Gasteiger partial charge in [0.1, 0.15) is 16.4 Å². The minimum Gasteiger partial charge on any atom is -0.378 e. The lowest BCUT2D eigenvalue weighted by atomic mass is 10.3. The van der Waals surface area contributed by atoms with E-state index in [4.69, 9.17) is 9.26 Å². The van der Waals surface area contributed by atoms with Gasteiger partial charge in [0.25, 0.3) is 0 Å². The van der Waals surface area contributed by atoms with Gasteiger partial charge in [0.05, 0.1) is 31.1 Å². The van der Waals surface area contributed by atoms with Crippen LogP contribution in [0.3, 0.4) is 0 Å². The average Bonchev–Trinajstić information content (AvgIpc) is 3.02. The number of hydrogen-bond donors (Lipinski definition) is 2. The van der Waals surface area contributed by atoms with Gasteiger partial charge in [-0.2, -0.15) is 4.72 Å². The Hall–Kier alpha value is -2.50. The van der Waals surface area contributed by atoms with E-state index < -0.39 is 22.0 Å². The highest BCUT2D eigenvalue weighted by Gasteiger charge is 2.28. The van der Waals surface area contributed by atoms with Gasteiger partial charge in [0, 0.05) is 13.1 Å². The summed E-state index contributed by atoms with van der Waals surface area (Å²) in [5.74, 6) is 0.463. The molecule has 10 nitrogen and oxygen atoms in total. The van der Waals surface area contributed by atoms with E-state index in [2.05, 4.69) is 25.1 Å². The Kier molecular flexibility index (Phi) is 5.96. The van der Waals surface area contributed by atoms with E-state index in [0.29, 0.717) is 18.9 Å². The molecule has 1 amide bonds. The van der Waals surface area contributed by atoms with Crippen LogP contribution >= 0.6 is 0 Å². The quantitative estimate of drug-likeness (QED) is 0.718. The fourth-order valence-corrected chi connectivity index (χ4v) is 4.43. The van der Waals surface area contributed by atoms with Crippen molar-refractivity contribution in [3.63, 3.8) is 0 Å². The van der Waals surface area contributed by atoms with Crippen LogP contribution in [-0.2, 0) is 19.6 Å². The summed E-state index contributed by atoms with van der Waals surface area (Å²) in [6.07, 6.45) is 1.54. The summed E-state index contributed by atoms with van der Waals surface area (Å²) >= 11 is 0. The monoisotopic (exact) mass is 409 g/mol. The summed E-state index contributed by atoms with van der Waals surface area (Å²) < 4.78 is 37.6. The summed E-state index contributed by atoms with van der Waals surface area (Å²) in [5, 5.41) is 6.29. The zero-order valence-corrected chi connectivity index (χ0v) is 16.7. The van der Waals surface area contributed by atoms with Crippen LogP contribution in [0.15, 0.2) is 27.7 Å². The standard InChI is InChI=1S/C17H23N5O5S/c1-11-16(13(3)27-20-11)28(24,25)21-12(2)17(23)19-14-4-5-15(18-10-14)22-6-8-26-9-7-22/h4-5,10,12,21H,6-9H2,1-3H3,(H,19,23)/t12-/m0/s1. The molecule has 1 aliphatic heterocycles. The van der Waals surface area contributed by atoms with Crippen LogP contribution in [0.25, 0.3) is 0 Å². The first kappa shape index (κ1) is 20.2. The maximum atomic E-state index is 12.5. The van der Waals surface area contributed by atoms with Gasteiger partial charge in [-0.1, -0.05) is 5.16 Å². The van der Waals surface area contributed by atoms with Crippen LogP contribution in [0.5, 0.6) is 0 Å². The number of morpholine rings is 1. The lowest BCUT2D eigenvalue weighted by molar-refractivity contribution is -0.117. The lowest BCUT2D eigenvalue weighted by Gasteiger charge is -2.27. The Balaban J connectivity index is 1.62. The molecule has 0 aromatic carbocycles. The zero-order valence-electron chi connectivity index (χ0n) is 15.9. The van der Waals surface area contributed by atoms with E-state index in [0.717, 1.165) is 18.9 Å². The fraction of sp³-hybridized carbons (Fsp3) is 0.471. The first-order valence-corrected chi connectivity index (χ1v) is 10.3. The predicted octanol–water partition coefficient (Wildman–Crippen LogP) is 0.829. The Labute approximate surface area is 163 Å². The van der Waals surface area contributed by atoms with Crippen molar-refractivity contribution in [2.75, 3.05) is 36.5 Å². The summed E-state index contributed by atoms with van der Waals surface area (Å²) in [7, 11) is -3.94. The van der Waals surface area contributed by atoms with Gasteiger partial charge in [-0.05, 0) is 32.9 Å². The van der Waals surface area contributed by atoms with E-state index in [1.807, 2.05) is 0 Å². The average molecular weight is 409 g/mol. The van der Waals surface area contributed by atoms with Crippen molar-refractivity contribution in [3.05, 3.63) is 29.8 Å². The predicted molar refractivity (Wildman–Crippen MR) is 102 cm³/mol. The van der Waals surface area contributed by atoms with Gasteiger partial charge in [-0.3, -0.25) is 4.79 Å². The van der Waals surface area contributed by atoms with Crippen LogP contribution in [0.4, 0.5) is 11.5 Å². The van der Waals surface area contributed by atoms with E-state index in [-0.39, 0.29) is 16.3 Å². The van der Waals surface area contributed by atoms with Gasteiger partial charge in [0.15, 0.2) is 5.76 Å². The SMILES string of the molecule is Cc1noc(C)c1S(=O)(=O)N[C@@H](C)C(=O)Nc1ccc(N2CCOCC2)nc1. The molecule has 1 fully saturated rings. The number of carbonyl (C=O) groups is 1. The molecule has 0 radical (unpaired) electrons. The molecule has 11 heteroatoms. The highest BCUT2D eigenvalue weighted by molar-refractivity contribution is 7.89. The highest BCUT2D eigenvalue weighted by Crippen LogP contribution is 2.19. The molecule has 1 atom stereocenters. The zero-order chi connectivity index (χ0) is 20.3. The van der Waals surface area contributed by atoms with Crippen molar-refractivity contribution < 1.29 is 22.5 Å². The number of nitrogens with zero attached hydrogens (tertiary/aromatic N) is 3. The minimum atomic E-state index is -3.94. The van der Waals surface area contributed by atoms with Crippen LogP contribution in [0.2, 0.25) is 0 Å². The molecule has 0 bridgehead atoms. The smallest absolute Gasteiger partial charge is 0.246 e. The number of nitrogens with one attached hydrogen (secondary N) is 2. The summed E-state index contributed by atoms with van der Waals surface area (Å²) in [5.41, 5.74) is 0.714. The molecule has 0 unspecified atom stereocenters. The van der Waals surface area contributed by atoms with E-state index in [1.54, 1.807) is 12.1 Å². The Bertz CT molecular complexity index is 916. The van der Waals surface area contributed by atoms with Crippen LogP contribution in [-0.4, -0.2) is 56.8 Å². The number of ether oxygens (including phenoxy) is 1. The number of anilines is 2. The van der Waals surface area contributed by atoms with Gasteiger partial charge >= 0.3 is 0 Å². The number of sulfonamides is 1. The van der Waals surface area contributed by atoms with E-state index in [1.165, 1.54) is 27.0 Å². The summed E-state index contributed by atoms with van der Waals surface area (Å²) in [6.45, 7) is 7.32. The van der Waals surface area contributed by atoms with Gasteiger partial charge in [0.2, 0.25) is 15.9 Å². The number of aromatic nitrogens is 2. The molecule has 0 saturated carbocycles. The van der Waals surface area contributed by atoms with E-state index >= 15 is 0 Å². The topological polar surface area (TPSA) is 127 Å². The maximum Gasteiger partial charge on any atom is 0.246 e. The first-order chi connectivity index (χ1) is 13.3. The van der Waals surface area contributed by atoms with Crippen molar-refractivity contribution in [3.8, 4) is 0 Å². The van der Waals surface area contributed by atoms with Crippen molar-refractivity contribution >= 4 is 27.4 Å². The Morgan fingerprint density at radius 1 is 1.25 bits per heavy atom. The molecular formula is C17H23N5O5S. The number of aryl methyl sites for hydroxylation is 2. The van der Waals surface area contributed by atoms with Crippen molar-refractivity contribution in [1.82, 2.24) is 14.9 Å². The van der Waals surface area contributed by atoms with E-state index in [9.17, 15) is 13.2 Å². The second-order valence-corrected chi connectivity index (χ2v) is 8.14. The van der Waals surface area contributed by atoms with Crippen molar-refractivity contribution in [1.29, 1.82) is 0 Å². The van der Waals surface area contributed by atoms with Gasteiger partial charge in [-0.15, -0.1) is 0 Å². The second-order valence-electron chi connectivity index (χ2n) is 6.49. The molecule has 1 saturated heterocycles. The summed E-state index contributed by atoms with van der Waals surface area (Å²) in [6, 6.07) is 2.53.